The Morgan fingerprint density at radius 2 is 2.06 bits per heavy atom. The van der Waals surface area contributed by atoms with E-state index in [9.17, 15) is 4.39 Å². The van der Waals surface area contributed by atoms with Crippen LogP contribution in [-0.4, -0.2) is 9.78 Å². The molecule has 0 aliphatic heterocycles. The molecule has 1 aromatic heterocycles. The zero-order chi connectivity index (χ0) is 13.4. The smallest absolute Gasteiger partial charge is 0.149 e. The van der Waals surface area contributed by atoms with Gasteiger partial charge in [0.25, 0.3) is 0 Å². The molecule has 1 unspecified atom stereocenters. The van der Waals surface area contributed by atoms with Gasteiger partial charge in [-0.15, -0.1) is 0 Å². The van der Waals surface area contributed by atoms with E-state index in [-0.39, 0.29) is 11.9 Å². The van der Waals surface area contributed by atoms with Crippen LogP contribution >= 0.6 is 15.9 Å². The Morgan fingerprint density at radius 3 is 2.50 bits per heavy atom. The molecular weight excluding hydrogens is 297 g/mol. The fourth-order valence-corrected chi connectivity index (χ4v) is 2.08. The zero-order valence-corrected chi connectivity index (χ0v) is 12.1. The van der Waals surface area contributed by atoms with E-state index in [1.165, 1.54) is 6.07 Å². The molecule has 0 amide bonds. The Hall–Kier alpha value is -1.20. The van der Waals surface area contributed by atoms with E-state index in [0.717, 1.165) is 21.4 Å². The Morgan fingerprint density at radius 1 is 1.39 bits per heavy atom. The fraction of sp³-hybridized carbons (Fsp3) is 0.308. The first-order valence-corrected chi connectivity index (χ1v) is 6.48. The molecule has 2 aromatic rings. The van der Waals surface area contributed by atoms with Gasteiger partial charge in [0, 0.05) is 6.04 Å². The van der Waals surface area contributed by atoms with E-state index in [1.807, 2.05) is 26.8 Å². The molecule has 0 spiro atoms. The minimum absolute atomic E-state index is 0.180. The van der Waals surface area contributed by atoms with Crippen LogP contribution in [0.3, 0.4) is 0 Å². The van der Waals surface area contributed by atoms with E-state index < -0.39 is 0 Å². The summed E-state index contributed by atoms with van der Waals surface area (Å²) in [4.78, 5) is 0. The average molecular weight is 312 g/mol. The predicted molar refractivity (Wildman–Crippen MR) is 73.3 cm³/mol. The first-order chi connectivity index (χ1) is 8.41. The average Bonchev–Trinajstić information content (AvgIpc) is 2.57. The van der Waals surface area contributed by atoms with Gasteiger partial charge in [-0.1, -0.05) is 6.07 Å². The third-order valence-electron chi connectivity index (χ3n) is 2.93. The van der Waals surface area contributed by atoms with Crippen molar-refractivity contribution in [3.8, 4) is 5.69 Å². The quantitative estimate of drug-likeness (QED) is 0.923. The zero-order valence-electron chi connectivity index (χ0n) is 10.5. The van der Waals surface area contributed by atoms with Crippen molar-refractivity contribution >= 4 is 15.9 Å². The van der Waals surface area contributed by atoms with Gasteiger partial charge in [0.2, 0.25) is 0 Å². The summed E-state index contributed by atoms with van der Waals surface area (Å²) in [7, 11) is 0. The van der Waals surface area contributed by atoms with E-state index in [4.69, 9.17) is 5.73 Å². The Balaban J connectivity index is 2.54. The van der Waals surface area contributed by atoms with Crippen LogP contribution in [0.25, 0.3) is 5.69 Å². The number of halogens is 2. The molecule has 0 fully saturated rings. The molecule has 0 radical (unpaired) electrons. The highest BCUT2D eigenvalue weighted by Gasteiger charge is 2.14. The van der Waals surface area contributed by atoms with Crippen molar-refractivity contribution < 1.29 is 4.39 Å². The molecule has 0 saturated carbocycles. The van der Waals surface area contributed by atoms with Gasteiger partial charge >= 0.3 is 0 Å². The lowest BCUT2D eigenvalue weighted by atomic mass is 10.1. The summed E-state index contributed by atoms with van der Waals surface area (Å²) in [6.45, 7) is 5.60. The second-order valence-electron chi connectivity index (χ2n) is 4.40. The molecule has 5 heteroatoms. The highest BCUT2D eigenvalue weighted by molar-refractivity contribution is 9.10. The second-order valence-corrected chi connectivity index (χ2v) is 5.19. The van der Waals surface area contributed by atoms with Crippen molar-refractivity contribution in [2.75, 3.05) is 0 Å². The van der Waals surface area contributed by atoms with Crippen molar-refractivity contribution in [3.05, 3.63) is 45.4 Å². The molecule has 96 valence electrons. The predicted octanol–water partition coefficient (Wildman–Crippen LogP) is 3.41. The van der Waals surface area contributed by atoms with Crippen LogP contribution in [0.2, 0.25) is 0 Å². The van der Waals surface area contributed by atoms with E-state index in [1.54, 1.807) is 10.7 Å². The molecule has 2 N–H and O–H groups in total. The summed E-state index contributed by atoms with van der Waals surface area (Å²) in [6.07, 6.45) is 0. The first-order valence-electron chi connectivity index (χ1n) is 5.69. The van der Waals surface area contributed by atoms with Gasteiger partial charge in [-0.05, 0) is 54.4 Å². The summed E-state index contributed by atoms with van der Waals surface area (Å²) >= 11 is 3.43. The van der Waals surface area contributed by atoms with Gasteiger partial charge < -0.3 is 5.73 Å². The third kappa shape index (κ3) is 2.20. The minimum atomic E-state index is -0.317. The number of hydrogen-bond donors (Lipinski definition) is 1. The summed E-state index contributed by atoms with van der Waals surface area (Å²) < 4.78 is 16.6. The van der Waals surface area contributed by atoms with Crippen molar-refractivity contribution in [2.24, 2.45) is 5.73 Å². The van der Waals surface area contributed by atoms with Crippen LogP contribution in [0.5, 0.6) is 0 Å². The molecule has 0 aliphatic carbocycles. The molecule has 1 atom stereocenters. The number of nitrogens with two attached hydrogens (primary N) is 1. The van der Waals surface area contributed by atoms with Gasteiger partial charge in [0.15, 0.2) is 0 Å². The number of rotatable bonds is 2. The molecule has 18 heavy (non-hydrogen) atoms. The fourth-order valence-electron chi connectivity index (χ4n) is 1.84. The number of hydrogen-bond acceptors (Lipinski definition) is 2. The standard InChI is InChI=1S/C13H15BrFN3/c1-7(16)10-4-5-12(11(15)6-10)18-9(3)13(14)8(2)17-18/h4-7H,16H2,1-3H3. The van der Waals surface area contributed by atoms with Crippen molar-refractivity contribution in [3.63, 3.8) is 0 Å². The number of nitrogens with zero attached hydrogens (tertiary/aromatic N) is 2. The molecule has 3 nitrogen and oxygen atoms in total. The van der Waals surface area contributed by atoms with Crippen LogP contribution in [0.15, 0.2) is 22.7 Å². The highest BCUT2D eigenvalue weighted by Crippen LogP contribution is 2.25. The lowest BCUT2D eigenvalue weighted by Crippen LogP contribution is -2.08. The maximum atomic E-state index is 14.1. The van der Waals surface area contributed by atoms with Gasteiger partial charge in [-0.3, -0.25) is 0 Å². The third-order valence-corrected chi connectivity index (χ3v) is 4.08. The van der Waals surface area contributed by atoms with E-state index in [0.29, 0.717) is 5.69 Å². The molecule has 1 heterocycles. The Labute approximate surface area is 114 Å². The maximum absolute atomic E-state index is 14.1. The highest BCUT2D eigenvalue weighted by atomic mass is 79.9. The largest absolute Gasteiger partial charge is 0.324 e. The Bertz CT molecular complexity index is 590. The SMILES string of the molecule is Cc1nn(-c2ccc(C(C)N)cc2F)c(C)c1Br. The van der Waals surface area contributed by atoms with Crippen LogP contribution in [0.4, 0.5) is 4.39 Å². The Kier molecular flexibility index (Phi) is 3.54. The number of benzene rings is 1. The normalized spacial score (nSPS) is 12.8. The molecule has 2 rings (SSSR count). The van der Waals surface area contributed by atoms with Crippen LogP contribution in [0, 0.1) is 19.7 Å². The van der Waals surface area contributed by atoms with Crippen LogP contribution < -0.4 is 5.73 Å². The summed E-state index contributed by atoms with van der Waals surface area (Å²) in [5, 5.41) is 4.31. The topological polar surface area (TPSA) is 43.8 Å². The van der Waals surface area contributed by atoms with Gasteiger partial charge in [0.05, 0.1) is 15.9 Å². The number of aryl methyl sites for hydroxylation is 1. The van der Waals surface area contributed by atoms with E-state index in [2.05, 4.69) is 21.0 Å². The van der Waals surface area contributed by atoms with Crippen LogP contribution in [-0.2, 0) is 0 Å². The van der Waals surface area contributed by atoms with Crippen LogP contribution in [0.1, 0.15) is 29.9 Å². The summed E-state index contributed by atoms with van der Waals surface area (Å²) in [5.41, 5.74) is 8.65. The maximum Gasteiger partial charge on any atom is 0.149 e. The summed E-state index contributed by atoms with van der Waals surface area (Å²) in [5.74, 6) is -0.317. The van der Waals surface area contributed by atoms with Crippen molar-refractivity contribution in [1.29, 1.82) is 0 Å². The number of aromatic nitrogens is 2. The monoisotopic (exact) mass is 311 g/mol. The van der Waals surface area contributed by atoms with Gasteiger partial charge in [-0.2, -0.15) is 5.10 Å². The first kappa shape index (κ1) is 13.2. The molecule has 1 aromatic carbocycles. The molecule has 0 aliphatic rings. The second kappa shape index (κ2) is 4.82. The molecule has 0 bridgehead atoms. The van der Waals surface area contributed by atoms with Gasteiger partial charge in [0.1, 0.15) is 11.5 Å². The lowest BCUT2D eigenvalue weighted by molar-refractivity contribution is 0.603. The van der Waals surface area contributed by atoms with Gasteiger partial charge in [-0.25, -0.2) is 9.07 Å². The lowest BCUT2D eigenvalue weighted by Gasteiger charge is -2.10. The molecular formula is C13H15BrFN3. The van der Waals surface area contributed by atoms with E-state index >= 15 is 0 Å². The van der Waals surface area contributed by atoms with Crippen molar-refractivity contribution in [2.45, 2.75) is 26.8 Å². The van der Waals surface area contributed by atoms with Crippen molar-refractivity contribution in [1.82, 2.24) is 9.78 Å². The molecule has 0 saturated heterocycles. The summed E-state index contributed by atoms with van der Waals surface area (Å²) in [6, 6.07) is 4.82. The minimum Gasteiger partial charge on any atom is -0.324 e.